The van der Waals surface area contributed by atoms with Crippen molar-refractivity contribution in [2.75, 3.05) is 13.2 Å². The predicted molar refractivity (Wildman–Crippen MR) is 91.1 cm³/mol. The molecular formula is C19H39O. The van der Waals surface area contributed by atoms with E-state index in [2.05, 4.69) is 13.8 Å². The molecule has 121 valence electrons. The van der Waals surface area contributed by atoms with Crippen LogP contribution in [0.25, 0.3) is 0 Å². The minimum Gasteiger partial charge on any atom is -0.381 e. The van der Waals surface area contributed by atoms with E-state index < -0.39 is 0 Å². The number of rotatable bonds is 17. The summed E-state index contributed by atoms with van der Waals surface area (Å²) in [5.41, 5.74) is 0. The van der Waals surface area contributed by atoms with E-state index in [1.807, 2.05) is 0 Å². The van der Waals surface area contributed by atoms with Crippen LogP contribution in [-0.2, 0) is 4.74 Å². The van der Waals surface area contributed by atoms with Crippen LogP contribution in [0.5, 0.6) is 0 Å². The van der Waals surface area contributed by atoms with E-state index in [0.29, 0.717) is 0 Å². The van der Waals surface area contributed by atoms with Gasteiger partial charge in [0.25, 0.3) is 0 Å². The van der Waals surface area contributed by atoms with Crippen molar-refractivity contribution in [2.24, 2.45) is 0 Å². The normalized spacial score (nSPS) is 11.1. The average molecular weight is 284 g/mol. The van der Waals surface area contributed by atoms with Crippen LogP contribution in [-0.4, -0.2) is 13.2 Å². The summed E-state index contributed by atoms with van der Waals surface area (Å²) in [7, 11) is 0. The van der Waals surface area contributed by atoms with Gasteiger partial charge in [-0.2, -0.15) is 0 Å². The Labute approximate surface area is 128 Å². The molecule has 0 aliphatic carbocycles. The summed E-state index contributed by atoms with van der Waals surface area (Å²) in [5.74, 6) is 0. The van der Waals surface area contributed by atoms with Gasteiger partial charge in [0.05, 0.1) is 0 Å². The molecule has 0 saturated carbocycles. The van der Waals surface area contributed by atoms with Gasteiger partial charge in [-0.05, 0) is 12.8 Å². The van der Waals surface area contributed by atoms with Crippen LogP contribution in [0.15, 0.2) is 0 Å². The van der Waals surface area contributed by atoms with E-state index in [0.717, 1.165) is 19.6 Å². The van der Waals surface area contributed by atoms with Crippen molar-refractivity contribution in [1.82, 2.24) is 0 Å². The molecule has 0 spiro atoms. The Bertz CT molecular complexity index is 138. The lowest BCUT2D eigenvalue weighted by Gasteiger charge is -2.04. The molecule has 0 unspecified atom stereocenters. The van der Waals surface area contributed by atoms with E-state index in [1.165, 1.54) is 89.9 Å². The number of hydrogen-bond donors (Lipinski definition) is 0. The van der Waals surface area contributed by atoms with Gasteiger partial charge in [0, 0.05) is 13.2 Å². The number of unbranched alkanes of at least 4 members (excludes halogenated alkanes) is 13. The highest BCUT2D eigenvalue weighted by Crippen LogP contribution is 2.10. The molecular weight excluding hydrogens is 244 g/mol. The summed E-state index contributed by atoms with van der Waals surface area (Å²) in [5, 5.41) is 0. The molecule has 0 heterocycles. The van der Waals surface area contributed by atoms with Crippen molar-refractivity contribution in [3.05, 3.63) is 6.92 Å². The molecule has 0 aliphatic heterocycles. The molecule has 0 aromatic carbocycles. The van der Waals surface area contributed by atoms with Gasteiger partial charge in [0.1, 0.15) is 0 Å². The maximum absolute atomic E-state index is 5.68. The molecule has 0 amide bonds. The summed E-state index contributed by atoms with van der Waals surface area (Å²) in [6.07, 6.45) is 20.2. The molecule has 1 nitrogen and oxygen atoms in total. The third-order valence-electron chi connectivity index (χ3n) is 3.93. The molecule has 0 fully saturated rings. The average Bonchev–Trinajstić information content (AvgIpc) is 2.47. The summed E-state index contributed by atoms with van der Waals surface area (Å²) < 4.78 is 5.68. The molecule has 0 bridgehead atoms. The Morgan fingerprint density at radius 1 is 0.550 bits per heavy atom. The first-order valence-electron chi connectivity index (χ1n) is 9.28. The second-order valence-corrected chi connectivity index (χ2v) is 6.06. The monoisotopic (exact) mass is 283 g/mol. The van der Waals surface area contributed by atoms with Crippen LogP contribution < -0.4 is 0 Å². The quantitative estimate of drug-likeness (QED) is 0.270. The topological polar surface area (TPSA) is 9.23 Å². The Balaban J connectivity index is 2.89. The molecule has 0 aromatic rings. The summed E-state index contributed by atoms with van der Waals surface area (Å²) in [4.78, 5) is 0. The maximum atomic E-state index is 5.68. The lowest BCUT2D eigenvalue weighted by molar-refractivity contribution is 0.125. The molecule has 0 aliphatic rings. The summed E-state index contributed by atoms with van der Waals surface area (Å²) in [6.45, 7) is 8.11. The van der Waals surface area contributed by atoms with Gasteiger partial charge in [-0.25, -0.2) is 0 Å². The summed E-state index contributed by atoms with van der Waals surface area (Å²) >= 11 is 0. The smallest absolute Gasteiger partial charge is 0.0466 e. The highest BCUT2D eigenvalue weighted by atomic mass is 16.5. The Hall–Kier alpha value is -0.0400. The molecule has 0 rings (SSSR count). The second kappa shape index (κ2) is 19.0. The SMILES string of the molecule is [CH2]CCCCCCCCCCCOCCCCCCC. The van der Waals surface area contributed by atoms with Crippen LogP contribution in [0.3, 0.4) is 0 Å². The fourth-order valence-electron chi connectivity index (χ4n) is 2.53. The van der Waals surface area contributed by atoms with Gasteiger partial charge in [-0.1, -0.05) is 97.3 Å². The fraction of sp³-hybridized carbons (Fsp3) is 0.947. The summed E-state index contributed by atoms with van der Waals surface area (Å²) in [6, 6.07) is 0. The largest absolute Gasteiger partial charge is 0.381 e. The van der Waals surface area contributed by atoms with Gasteiger partial charge >= 0.3 is 0 Å². The van der Waals surface area contributed by atoms with Gasteiger partial charge in [-0.3, -0.25) is 0 Å². The Morgan fingerprint density at radius 2 is 0.950 bits per heavy atom. The van der Waals surface area contributed by atoms with E-state index in [1.54, 1.807) is 0 Å². The van der Waals surface area contributed by atoms with E-state index in [9.17, 15) is 0 Å². The molecule has 0 aromatic heterocycles. The molecule has 0 N–H and O–H groups in total. The van der Waals surface area contributed by atoms with Crippen molar-refractivity contribution in [2.45, 2.75) is 103 Å². The maximum Gasteiger partial charge on any atom is 0.0466 e. The fourth-order valence-corrected chi connectivity index (χ4v) is 2.53. The van der Waals surface area contributed by atoms with Crippen LogP contribution in [0.4, 0.5) is 0 Å². The molecule has 0 saturated heterocycles. The highest BCUT2D eigenvalue weighted by Gasteiger charge is 1.94. The zero-order chi connectivity index (χ0) is 14.7. The first-order valence-corrected chi connectivity index (χ1v) is 9.28. The number of hydrogen-bond acceptors (Lipinski definition) is 1. The number of ether oxygens (including phenoxy) is 1. The van der Waals surface area contributed by atoms with E-state index in [-0.39, 0.29) is 0 Å². The van der Waals surface area contributed by atoms with Gasteiger partial charge in [0.2, 0.25) is 0 Å². The predicted octanol–water partition coefficient (Wildman–Crippen LogP) is 6.71. The molecule has 1 heteroatoms. The lowest BCUT2D eigenvalue weighted by atomic mass is 10.1. The van der Waals surface area contributed by atoms with Gasteiger partial charge in [-0.15, -0.1) is 0 Å². The van der Waals surface area contributed by atoms with Crippen LogP contribution in [0.1, 0.15) is 103 Å². The van der Waals surface area contributed by atoms with Crippen molar-refractivity contribution in [3.8, 4) is 0 Å². The van der Waals surface area contributed by atoms with Crippen molar-refractivity contribution in [1.29, 1.82) is 0 Å². The van der Waals surface area contributed by atoms with E-state index in [4.69, 9.17) is 4.74 Å². The zero-order valence-corrected chi connectivity index (χ0v) is 14.1. The van der Waals surface area contributed by atoms with Crippen molar-refractivity contribution in [3.63, 3.8) is 0 Å². The molecule has 0 atom stereocenters. The third kappa shape index (κ3) is 18.0. The third-order valence-corrected chi connectivity index (χ3v) is 3.93. The van der Waals surface area contributed by atoms with Crippen LogP contribution >= 0.6 is 0 Å². The van der Waals surface area contributed by atoms with Crippen LogP contribution in [0, 0.1) is 6.92 Å². The van der Waals surface area contributed by atoms with Crippen molar-refractivity contribution < 1.29 is 4.74 Å². The zero-order valence-electron chi connectivity index (χ0n) is 14.1. The van der Waals surface area contributed by atoms with Gasteiger partial charge in [0.15, 0.2) is 0 Å². The highest BCUT2D eigenvalue weighted by molar-refractivity contribution is 4.49. The minimum absolute atomic E-state index is 0.982. The first-order chi connectivity index (χ1) is 9.91. The molecule has 1 radical (unpaired) electrons. The second-order valence-electron chi connectivity index (χ2n) is 6.06. The van der Waals surface area contributed by atoms with Crippen molar-refractivity contribution >= 4 is 0 Å². The van der Waals surface area contributed by atoms with Gasteiger partial charge < -0.3 is 4.74 Å². The lowest BCUT2D eigenvalue weighted by Crippen LogP contribution is -1.97. The Kier molecular flexibility index (Phi) is 18.9. The molecule has 20 heavy (non-hydrogen) atoms. The Morgan fingerprint density at radius 3 is 1.40 bits per heavy atom. The standard InChI is InChI=1S/C19H39O/c1-3-5-7-9-10-11-12-13-15-17-19-20-18-16-14-8-6-4-2/h1,3-19H2,2H3. The van der Waals surface area contributed by atoms with Crippen LogP contribution in [0.2, 0.25) is 0 Å². The minimum atomic E-state index is 0.982. The first kappa shape index (κ1) is 20.0. The van der Waals surface area contributed by atoms with E-state index >= 15 is 0 Å².